The number of nitrogens with one attached hydrogen (secondary N) is 1. The zero-order valence-corrected chi connectivity index (χ0v) is 20.1. The number of aromatic nitrogens is 2. The molecule has 188 valence electrons. The lowest BCUT2D eigenvalue weighted by atomic mass is 9.97. The Labute approximate surface area is 207 Å². The van der Waals surface area contributed by atoms with Gasteiger partial charge in [0.1, 0.15) is 17.6 Å². The van der Waals surface area contributed by atoms with E-state index in [2.05, 4.69) is 20.2 Å². The molecule has 0 radical (unpaired) electrons. The van der Waals surface area contributed by atoms with Crippen molar-refractivity contribution in [2.24, 2.45) is 5.92 Å². The van der Waals surface area contributed by atoms with Crippen LogP contribution in [0.5, 0.6) is 5.75 Å². The maximum Gasteiger partial charge on any atom is 0.419 e. The van der Waals surface area contributed by atoms with Crippen molar-refractivity contribution in [3.8, 4) is 23.1 Å². The maximum absolute atomic E-state index is 13.9. The number of hydrogen-bond acceptors (Lipinski definition) is 7. The SMILES string of the molecule is CNc1cc(-c2ccc(OCC3CCN(c4cc(C)ccn4)CC3)c(C(F)(F)F)c2)nc(C#N)c1N. The highest BCUT2D eigenvalue weighted by Crippen LogP contribution is 2.40. The van der Waals surface area contributed by atoms with Crippen LogP contribution in [0.3, 0.4) is 0 Å². The standard InChI is InChI=1S/C26H27F3N6O/c1-16-5-8-33-24(11-16)35-9-6-17(7-10-35)15-36-23-4-3-18(12-19(23)26(27,28)29)20-13-21(32-2)25(31)22(14-30)34-20/h3-5,8,11-13,17H,6-7,9-10,15,31H2,1-2H3,(H,32,34). The van der Waals surface area contributed by atoms with Gasteiger partial charge >= 0.3 is 6.18 Å². The number of rotatable bonds is 6. The minimum absolute atomic E-state index is 0.0575. The minimum Gasteiger partial charge on any atom is -0.493 e. The number of ether oxygens (including phenoxy) is 1. The van der Waals surface area contributed by atoms with Crippen molar-refractivity contribution in [2.75, 3.05) is 42.7 Å². The highest BCUT2D eigenvalue weighted by Gasteiger charge is 2.35. The fourth-order valence-electron chi connectivity index (χ4n) is 4.26. The Balaban J connectivity index is 1.49. The van der Waals surface area contributed by atoms with Crippen molar-refractivity contribution >= 4 is 17.2 Å². The lowest BCUT2D eigenvalue weighted by Gasteiger charge is -2.33. The molecule has 4 rings (SSSR count). The smallest absolute Gasteiger partial charge is 0.419 e. The number of alkyl halides is 3. The van der Waals surface area contributed by atoms with Crippen LogP contribution in [0.4, 0.5) is 30.4 Å². The average Bonchev–Trinajstić information content (AvgIpc) is 2.87. The van der Waals surface area contributed by atoms with Crippen molar-refractivity contribution in [1.82, 2.24) is 9.97 Å². The normalized spacial score (nSPS) is 14.4. The number of pyridine rings is 2. The van der Waals surface area contributed by atoms with Crippen LogP contribution in [-0.2, 0) is 6.18 Å². The fraction of sp³-hybridized carbons (Fsp3) is 0.346. The molecule has 2 aromatic heterocycles. The third-order valence-corrected chi connectivity index (χ3v) is 6.33. The van der Waals surface area contributed by atoms with E-state index >= 15 is 0 Å². The van der Waals surface area contributed by atoms with Crippen LogP contribution in [0.1, 0.15) is 29.7 Å². The van der Waals surface area contributed by atoms with E-state index in [1.54, 1.807) is 13.2 Å². The van der Waals surface area contributed by atoms with Gasteiger partial charge in [0.25, 0.3) is 0 Å². The number of nitrogen functional groups attached to an aromatic ring is 1. The average molecular weight is 497 g/mol. The van der Waals surface area contributed by atoms with Gasteiger partial charge in [0, 0.05) is 31.9 Å². The molecule has 0 spiro atoms. The monoisotopic (exact) mass is 496 g/mol. The number of nitrogens with zero attached hydrogens (tertiary/aromatic N) is 4. The molecule has 0 atom stereocenters. The Morgan fingerprint density at radius 1 is 1.19 bits per heavy atom. The van der Waals surface area contributed by atoms with Crippen LogP contribution in [0.25, 0.3) is 11.3 Å². The Bertz CT molecular complexity index is 1280. The van der Waals surface area contributed by atoms with Gasteiger partial charge in [-0.1, -0.05) is 0 Å². The number of aryl methyl sites for hydroxylation is 1. The molecule has 0 saturated carbocycles. The fourth-order valence-corrected chi connectivity index (χ4v) is 4.26. The first-order chi connectivity index (χ1) is 17.2. The van der Waals surface area contributed by atoms with Gasteiger partial charge < -0.3 is 20.7 Å². The van der Waals surface area contributed by atoms with Gasteiger partial charge in [-0.05, 0) is 67.6 Å². The number of halogens is 3. The summed E-state index contributed by atoms with van der Waals surface area (Å²) in [6.45, 7) is 3.75. The number of nitriles is 1. The van der Waals surface area contributed by atoms with E-state index in [1.165, 1.54) is 18.2 Å². The topological polar surface area (TPSA) is 100 Å². The third-order valence-electron chi connectivity index (χ3n) is 6.33. The summed E-state index contributed by atoms with van der Waals surface area (Å²) in [5.74, 6) is 0.836. The lowest BCUT2D eigenvalue weighted by Crippen LogP contribution is -2.36. The van der Waals surface area contributed by atoms with Gasteiger partial charge in [0.2, 0.25) is 0 Å². The number of nitrogens with two attached hydrogens (primary N) is 1. The Morgan fingerprint density at radius 3 is 2.58 bits per heavy atom. The summed E-state index contributed by atoms with van der Waals surface area (Å²) < 4.78 is 47.5. The number of benzene rings is 1. The van der Waals surface area contributed by atoms with Crippen LogP contribution in [0.2, 0.25) is 0 Å². The molecular weight excluding hydrogens is 469 g/mol. The number of piperidine rings is 1. The van der Waals surface area contributed by atoms with E-state index < -0.39 is 11.7 Å². The molecule has 1 saturated heterocycles. The highest BCUT2D eigenvalue weighted by molar-refractivity contribution is 5.77. The Hall–Kier alpha value is -4.00. The molecule has 1 aliphatic rings. The van der Waals surface area contributed by atoms with Crippen LogP contribution in [-0.4, -0.2) is 36.7 Å². The molecule has 1 aromatic carbocycles. The molecule has 3 heterocycles. The van der Waals surface area contributed by atoms with Crippen molar-refractivity contribution in [1.29, 1.82) is 5.26 Å². The first kappa shape index (κ1) is 25.1. The first-order valence-electron chi connectivity index (χ1n) is 11.6. The first-order valence-corrected chi connectivity index (χ1v) is 11.6. The molecule has 3 aromatic rings. The van der Waals surface area contributed by atoms with Gasteiger partial charge in [0.05, 0.1) is 29.2 Å². The van der Waals surface area contributed by atoms with Crippen LogP contribution >= 0.6 is 0 Å². The summed E-state index contributed by atoms with van der Waals surface area (Å²) in [5.41, 5.74) is 7.04. The van der Waals surface area contributed by atoms with Crippen LogP contribution in [0.15, 0.2) is 42.6 Å². The van der Waals surface area contributed by atoms with E-state index in [9.17, 15) is 18.4 Å². The lowest BCUT2D eigenvalue weighted by molar-refractivity contribution is -0.139. The second-order valence-corrected chi connectivity index (χ2v) is 8.82. The Morgan fingerprint density at radius 2 is 1.94 bits per heavy atom. The molecule has 0 aliphatic carbocycles. The maximum atomic E-state index is 13.9. The largest absolute Gasteiger partial charge is 0.493 e. The molecular formula is C26H27F3N6O. The van der Waals surface area contributed by atoms with E-state index in [0.29, 0.717) is 5.69 Å². The summed E-state index contributed by atoms with van der Waals surface area (Å²) >= 11 is 0. The Kier molecular flexibility index (Phi) is 7.20. The zero-order chi connectivity index (χ0) is 25.9. The molecule has 0 bridgehead atoms. The van der Waals surface area contributed by atoms with Gasteiger partial charge in [0.15, 0.2) is 5.69 Å². The summed E-state index contributed by atoms with van der Waals surface area (Å²) in [6.07, 6.45) is -1.24. The van der Waals surface area contributed by atoms with Crippen molar-refractivity contribution in [2.45, 2.75) is 25.9 Å². The molecule has 0 unspecified atom stereocenters. The molecule has 1 fully saturated rings. The summed E-state index contributed by atoms with van der Waals surface area (Å²) in [5, 5.41) is 12.1. The molecule has 0 amide bonds. The predicted octanol–water partition coefficient (Wildman–Crippen LogP) is 5.26. The van der Waals surface area contributed by atoms with E-state index in [-0.39, 0.29) is 40.9 Å². The van der Waals surface area contributed by atoms with Crippen LogP contribution < -0.4 is 20.7 Å². The molecule has 1 aliphatic heterocycles. The van der Waals surface area contributed by atoms with Crippen LogP contribution in [0, 0.1) is 24.2 Å². The highest BCUT2D eigenvalue weighted by atomic mass is 19.4. The second kappa shape index (κ2) is 10.3. The minimum atomic E-state index is -4.62. The molecule has 3 N–H and O–H groups in total. The summed E-state index contributed by atoms with van der Waals surface area (Å²) in [6, 6.07) is 11.2. The van der Waals surface area contributed by atoms with Gasteiger partial charge in [-0.15, -0.1) is 0 Å². The van der Waals surface area contributed by atoms with E-state index in [1.807, 2.05) is 25.1 Å². The predicted molar refractivity (Wildman–Crippen MR) is 133 cm³/mol. The van der Waals surface area contributed by atoms with E-state index in [0.717, 1.165) is 43.4 Å². The van der Waals surface area contributed by atoms with Crippen molar-refractivity contribution < 1.29 is 17.9 Å². The summed E-state index contributed by atoms with van der Waals surface area (Å²) in [7, 11) is 1.61. The number of hydrogen-bond donors (Lipinski definition) is 2. The van der Waals surface area contributed by atoms with E-state index in [4.69, 9.17) is 10.5 Å². The van der Waals surface area contributed by atoms with Gasteiger partial charge in [-0.25, -0.2) is 9.97 Å². The molecule has 7 nitrogen and oxygen atoms in total. The summed E-state index contributed by atoms with van der Waals surface area (Å²) in [4.78, 5) is 10.7. The second-order valence-electron chi connectivity index (χ2n) is 8.82. The quantitative estimate of drug-likeness (QED) is 0.480. The number of anilines is 3. The van der Waals surface area contributed by atoms with Gasteiger partial charge in [-0.2, -0.15) is 18.4 Å². The third kappa shape index (κ3) is 5.46. The molecule has 36 heavy (non-hydrogen) atoms. The molecule has 10 heteroatoms. The zero-order valence-electron chi connectivity index (χ0n) is 20.1. The van der Waals surface area contributed by atoms with Crippen molar-refractivity contribution in [3.63, 3.8) is 0 Å². The van der Waals surface area contributed by atoms with Gasteiger partial charge in [-0.3, -0.25) is 0 Å². The van der Waals surface area contributed by atoms with Crippen molar-refractivity contribution in [3.05, 3.63) is 59.4 Å².